The number of hydrogen-bond donors (Lipinski definition) is 2. The van der Waals surface area contributed by atoms with Gasteiger partial charge in [-0.1, -0.05) is 66.7 Å². The monoisotopic (exact) mass is 634 g/mol. The van der Waals surface area contributed by atoms with Crippen LogP contribution in [0, 0.1) is 0 Å². The Bertz CT molecular complexity index is 1740. The number of halogens is 3. The molecule has 4 aromatic rings. The van der Waals surface area contributed by atoms with E-state index in [2.05, 4.69) is 5.32 Å². The average molecular weight is 635 g/mol. The number of nitrogens with one attached hydrogen (secondary N) is 1. The summed E-state index contributed by atoms with van der Waals surface area (Å²) in [5.41, 5.74) is 2.26. The van der Waals surface area contributed by atoms with Gasteiger partial charge in [0.25, 0.3) is 10.0 Å². The number of carboxylic acid groups (broad SMARTS) is 1. The Balaban J connectivity index is 0.00000423. The normalized spacial score (nSPS) is 14.5. The molecule has 0 radical (unpaired) electrons. The van der Waals surface area contributed by atoms with Crippen molar-refractivity contribution < 1.29 is 36.3 Å². The molecular formula is C31H26F3KN2O5S. The number of amides is 1. The molecule has 1 aliphatic rings. The summed E-state index contributed by atoms with van der Waals surface area (Å²) in [6.07, 6.45) is -4.48. The maximum absolute atomic E-state index is 13.9. The van der Waals surface area contributed by atoms with Crippen molar-refractivity contribution in [1.82, 2.24) is 5.32 Å². The number of nitrogens with zero attached hydrogens (tertiary/aromatic N) is 1. The Morgan fingerprint density at radius 1 is 0.860 bits per heavy atom. The summed E-state index contributed by atoms with van der Waals surface area (Å²) >= 11 is 0. The third-order valence-corrected chi connectivity index (χ3v) is 8.84. The summed E-state index contributed by atoms with van der Waals surface area (Å²) in [7, 11) is -4.24. The van der Waals surface area contributed by atoms with Crippen LogP contribution in [0.1, 0.15) is 22.3 Å². The van der Waals surface area contributed by atoms with Gasteiger partial charge in [0.05, 0.1) is 22.6 Å². The van der Waals surface area contributed by atoms with Gasteiger partial charge in [0.1, 0.15) is 6.04 Å². The molecule has 43 heavy (non-hydrogen) atoms. The third-order valence-electron chi connectivity index (χ3n) is 7.01. The van der Waals surface area contributed by atoms with Crippen molar-refractivity contribution in [2.45, 2.75) is 36.5 Å². The van der Waals surface area contributed by atoms with Gasteiger partial charge in [0.15, 0.2) is 0 Å². The zero-order valence-electron chi connectivity index (χ0n) is 22.0. The first-order valence-corrected chi connectivity index (χ1v) is 14.3. The second kappa shape index (κ2) is 13.3. The van der Waals surface area contributed by atoms with Crippen LogP contribution in [0.4, 0.5) is 18.9 Å². The molecule has 1 heterocycles. The van der Waals surface area contributed by atoms with Crippen molar-refractivity contribution in [2.24, 2.45) is 0 Å². The summed E-state index contributed by atoms with van der Waals surface area (Å²) in [6.45, 7) is 0.110. The van der Waals surface area contributed by atoms with E-state index in [0.717, 1.165) is 16.4 Å². The van der Waals surface area contributed by atoms with Gasteiger partial charge >= 0.3 is 63.5 Å². The molecule has 2 N–H and O–H groups in total. The number of fused-ring (bicyclic) bond motifs is 1. The molecule has 0 aromatic heterocycles. The predicted octanol–water partition coefficient (Wildman–Crippen LogP) is 4.79. The first-order chi connectivity index (χ1) is 19.9. The fourth-order valence-corrected chi connectivity index (χ4v) is 6.57. The Kier molecular flexibility index (Phi) is 10.2. The molecule has 0 fully saturated rings. The van der Waals surface area contributed by atoms with Crippen molar-refractivity contribution in [3.63, 3.8) is 0 Å². The molecule has 0 saturated heterocycles. The van der Waals surface area contributed by atoms with Crippen LogP contribution in [0.5, 0.6) is 0 Å². The molecule has 0 unspecified atom stereocenters. The molecule has 0 saturated carbocycles. The zero-order valence-corrected chi connectivity index (χ0v) is 22.8. The van der Waals surface area contributed by atoms with E-state index in [9.17, 15) is 31.2 Å². The van der Waals surface area contributed by atoms with Gasteiger partial charge in [0, 0.05) is 13.0 Å². The predicted molar refractivity (Wildman–Crippen MR) is 157 cm³/mol. The van der Waals surface area contributed by atoms with Crippen LogP contribution in [0.15, 0.2) is 102 Å². The van der Waals surface area contributed by atoms with Crippen LogP contribution in [0.3, 0.4) is 0 Å². The van der Waals surface area contributed by atoms with E-state index in [1.165, 1.54) is 36.4 Å². The average Bonchev–Trinajstić information content (AvgIpc) is 3.37. The number of carbonyl (C=O) groups is 2. The number of benzene rings is 4. The first-order valence-electron chi connectivity index (χ1n) is 12.9. The van der Waals surface area contributed by atoms with Gasteiger partial charge in [-0.2, -0.15) is 13.2 Å². The van der Waals surface area contributed by atoms with Crippen LogP contribution in [-0.2, 0) is 45.2 Å². The van der Waals surface area contributed by atoms with Crippen LogP contribution < -0.4 is 9.62 Å². The van der Waals surface area contributed by atoms with Crippen LogP contribution >= 0.6 is 0 Å². The van der Waals surface area contributed by atoms with E-state index in [4.69, 9.17) is 5.11 Å². The van der Waals surface area contributed by atoms with Gasteiger partial charge in [-0.05, 0) is 58.1 Å². The molecule has 4 aromatic carbocycles. The van der Waals surface area contributed by atoms with E-state index in [-0.39, 0.29) is 81.2 Å². The van der Waals surface area contributed by atoms with Gasteiger partial charge in [-0.3, -0.25) is 13.9 Å². The zero-order chi connectivity index (χ0) is 30.1. The Morgan fingerprint density at radius 2 is 1.51 bits per heavy atom. The number of rotatable bonds is 8. The number of anilines is 1. The number of para-hydroxylation sites is 1. The Morgan fingerprint density at radius 3 is 2.16 bits per heavy atom. The molecule has 7 nitrogen and oxygen atoms in total. The van der Waals surface area contributed by atoms with Gasteiger partial charge in [0.2, 0.25) is 5.91 Å². The summed E-state index contributed by atoms with van der Waals surface area (Å²) in [5.74, 6) is -1.46. The quantitative estimate of drug-likeness (QED) is 0.272. The minimum atomic E-state index is -4.51. The maximum atomic E-state index is 13.9. The molecule has 12 heteroatoms. The molecule has 0 bridgehead atoms. The van der Waals surface area contributed by atoms with Crippen molar-refractivity contribution >= 4 is 79.0 Å². The molecule has 1 aliphatic heterocycles. The Hall–Kier alpha value is -3.00. The molecule has 218 valence electrons. The number of aliphatic carboxylic acids is 1. The topological polar surface area (TPSA) is 104 Å². The van der Waals surface area contributed by atoms with E-state index >= 15 is 0 Å². The third kappa shape index (κ3) is 7.39. The number of carboxylic acids is 1. The minimum absolute atomic E-state index is 0. The number of carbonyl (C=O) groups excluding carboxylic acids is 1. The van der Waals surface area contributed by atoms with Gasteiger partial charge in [-0.15, -0.1) is 0 Å². The van der Waals surface area contributed by atoms with Crippen LogP contribution in [0.2, 0.25) is 0 Å². The van der Waals surface area contributed by atoms with Crippen LogP contribution in [0.25, 0.3) is 11.1 Å². The molecule has 0 aliphatic carbocycles. The molecule has 0 spiro atoms. The van der Waals surface area contributed by atoms with Crippen molar-refractivity contribution in [3.05, 3.63) is 119 Å². The SMILES string of the molecule is O=C(O)Cc1ccc(CNC(=O)[C@@H]2Cc3ccccc3N2S(=O)(=O)c2ccc(-c3cccc(C(F)(F)F)c3)cc2)cc1.[KH]. The van der Waals surface area contributed by atoms with Gasteiger partial charge in [-0.25, -0.2) is 8.42 Å². The summed E-state index contributed by atoms with van der Waals surface area (Å²) in [4.78, 5) is 24.1. The van der Waals surface area contributed by atoms with E-state index in [0.29, 0.717) is 27.9 Å². The second-order valence-electron chi connectivity index (χ2n) is 9.86. The standard InChI is InChI=1S/C31H25F3N2O5S.K.H/c32-31(33,34)25-6-3-5-23(17-25)22-12-14-26(15-13-22)42(40,41)36-27-7-2-1-4-24(27)18-28(36)30(39)35-19-21-10-8-20(9-11-21)16-29(37)38;;/h1-15,17,28H,16,18-19H2,(H,35,39)(H,37,38);;/t28-;;/m0../s1. The summed E-state index contributed by atoms with van der Waals surface area (Å²) < 4.78 is 68.4. The molecule has 1 amide bonds. The van der Waals surface area contributed by atoms with Crippen LogP contribution in [-0.4, -0.2) is 82.8 Å². The molecule has 5 rings (SSSR count). The summed E-state index contributed by atoms with van der Waals surface area (Å²) in [6, 6.07) is 22.7. The Labute approximate surface area is 289 Å². The first kappa shape index (κ1) is 32.9. The van der Waals surface area contributed by atoms with E-state index in [1.54, 1.807) is 48.5 Å². The van der Waals surface area contributed by atoms with Crippen molar-refractivity contribution in [1.29, 1.82) is 0 Å². The van der Waals surface area contributed by atoms with Gasteiger partial charge < -0.3 is 10.4 Å². The van der Waals surface area contributed by atoms with Crippen molar-refractivity contribution in [3.8, 4) is 11.1 Å². The fraction of sp³-hybridized carbons (Fsp3) is 0.161. The van der Waals surface area contributed by atoms with E-state index < -0.39 is 39.7 Å². The van der Waals surface area contributed by atoms with E-state index in [1.807, 2.05) is 0 Å². The second-order valence-corrected chi connectivity index (χ2v) is 11.7. The summed E-state index contributed by atoms with van der Waals surface area (Å²) in [5, 5.41) is 11.7. The molecular weight excluding hydrogens is 609 g/mol. The number of alkyl halides is 3. The molecule has 1 atom stereocenters. The number of sulfonamides is 1. The fourth-order valence-electron chi connectivity index (χ4n) is 4.92. The van der Waals surface area contributed by atoms with Crippen molar-refractivity contribution in [2.75, 3.05) is 4.31 Å². The number of hydrogen-bond acceptors (Lipinski definition) is 4.